The number of hydrogen-bond donors (Lipinski definition) is 0. The van der Waals surface area contributed by atoms with Crippen LogP contribution in [0.25, 0.3) is 11.3 Å². The summed E-state index contributed by atoms with van der Waals surface area (Å²) in [6.07, 6.45) is 9.87. The lowest BCUT2D eigenvalue weighted by atomic mass is 10.0. The van der Waals surface area contributed by atoms with Crippen LogP contribution in [-0.2, 0) is 12.8 Å². The van der Waals surface area contributed by atoms with Crippen molar-refractivity contribution in [3.8, 4) is 11.3 Å². The van der Waals surface area contributed by atoms with Gasteiger partial charge in [-0.2, -0.15) is 0 Å². The fourth-order valence-electron chi connectivity index (χ4n) is 2.74. The van der Waals surface area contributed by atoms with E-state index in [9.17, 15) is 0 Å². The zero-order valence-corrected chi connectivity index (χ0v) is 13.5. The van der Waals surface area contributed by atoms with Crippen LogP contribution in [-0.4, -0.2) is 0 Å². The number of hydrogen-bond acceptors (Lipinski definition) is 1. The Labute approximate surface area is 129 Å². The summed E-state index contributed by atoms with van der Waals surface area (Å²) >= 11 is 0. The topological polar surface area (TPSA) is 13.1 Å². The van der Waals surface area contributed by atoms with Gasteiger partial charge in [0.2, 0.25) is 0 Å². The Balaban J connectivity index is 2.13. The van der Waals surface area contributed by atoms with Crippen LogP contribution in [0.5, 0.6) is 0 Å². The van der Waals surface area contributed by atoms with E-state index in [1.165, 1.54) is 55.4 Å². The van der Waals surface area contributed by atoms with Gasteiger partial charge in [-0.3, -0.25) is 0 Å². The average Bonchev–Trinajstić information content (AvgIpc) is 2.92. The van der Waals surface area contributed by atoms with Gasteiger partial charge in [-0.25, -0.2) is 0 Å². The Morgan fingerprint density at radius 3 is 2.14 bits per heavy atom. The molecule has 0 spiro atoms. The lowest BCUT2D eigenvalue weighted by molar-refractivity contribution is 0.501. The van der Waals surface area contributed by atoms with E-state index in [2.05, 4.69) is 50.2 Å². The van der Waals surface area contributed by atoms with Crippen LogP contribution >= 0.6 is 0 Å². The molecule has 0 bridgehead atoms. The summed E-state index contributed by atoms with van der Waals surface area (Å²) in [5, 5.41) is 0. The Hall–Kier alpha value is -1.50. The predicted octanol–water partition coefficient (Wildman–Crippen LogP) is 6.41. The van der Waals surface area contributed by atoms with Crippen molar-refractivity contribution in [2.24, 2.45) is 0 Å². The second-order valence-electron chi connectivity index (χ2n) is 5.84. The molecule has 2 aromatic rings. The summed E-state index contributed by atoms with van der Waals surface area (Å²) in [6.45, 7) is 4.51. The molecule has 21 heavy (non-hydrogen) atoms. The molecule has 1 heteroatoms. The van der Waals surface area contributed by atoms with Gasteiger partial charge in [-0.1, -0.05) is 69.9 Å². The van der Waals surface area contributed by atoms with Crippen LogP contribution in [0.4, 0.5) is 0 Å². The Bertz CT molecular complexity index is 482. The molecule has 1 aromatic carbocycles. The molecule has 0 N–H and O–H groups in total. The second kappa shape index (κ2) is 8.71. The van der Waals surface area contributed by atoms with Crippen LogP contribution in [0.2, 0.25) is 0 Å². The molecule has 0 aliphatic rings. The summed E-state index contributed by atoms with van der Waals surface area (Å²) in [5.74, 6) is 2.26. The maximum absolute atomic E-state index is 6.18. The van der Waals surface area contributed by atoms with Crippen molar-refractivity contribution in [2.45, 2.75) is 65.2 Å². The van der Waals surface area contributed by atoms with E-state index in [1.807, 2.05) is 0 Å². The SMILES string of the molecule is CCCCCc1cc(-c2ccccc2)oc1CCCCC. The average molecular weight is 284 g/mol. The highest BCUT2D eigenvalue weighted by atomic mass is 16.3. The lowest BCUT2D eigenvalue weighted by Crippen LogP contribution is -1.90. The van der Waals surface area contributed by atoms with Crippen molar-refractivity contribution in [3.63, 3.8) is 0 Å². The number of unbranched alkanes of at least 4 members (excludes halogenated alkanes) is 4. The van der Waals surface area contributed by atoms with Gasteiger partial charge < -0.3 is 4.42 Å². The van der Waals surface area contributed by atoms with Crippen molar-refractivity contribution in [1.82, 2.24) is 0 Å². The normalized spacial score (nSPS) is 11.0. The molecule has 2 rings (SSSR count). The number of aryl methyl sites for hydroxylation is 2. The minimum absolute atomic E-state index is 1.04. The summed E-state index contributed by atoms with van der Waals surface area (Å²) in [6, 6.07) is 12.7. The lowest BCUT2D eigenvalue weighted by Gasteiger charge is -2.02. The van der Waals surface area contributed by atoms with Crippen LogP contribution in [0.15, 0.2) is 40.8 Å². The maximum atomic E-state index is 6.18. The zero-order valence-electron chi connectivity index (χ0n) is 13.5. The molecule has 0 aliphatic heterocycles. The molecule has 0 atom stereocenters. The van der Waals surface area contributed by atoms with Crippen LogP contribution in [0.3, 0.4) is 0 Å². The Morgan fingerprint density at radius 1 is 0.810 bits per heavy atom. The first kappa shape index (κ1) is 15.9. The van der Waals surface area contributed by atoms with E-state index in [-0.39, 0.29) is 0 Å². The quantitative estimate of drug-likeness (QED) is 0.485. The third-order valence-corrected chi connectivity index (χ3v) is 4.01. The largest absolute Gasteiger partial charge is 0.461 e. The van der Waals surface area contributed by atoms with E-state index in [0.717, 1.165) is 18.6 Å². The summed E-state index contributed by atoms with van der Waals surface area (Å²) < 4.78 is 6.18. The highest BCUT2D eigenvalue weighted by Crippen LogP contribution is 2.28. The molecule has 0 fully saturated rings. The summed E-state index contributed by atoms with van der Waals surface area (Å²) in [7, 11) is 0. The van der Waals surface area contributed by atoms with E-state index >= 15 is 0 Å². The zero-order chi connectivity index (χ0) is 14.9. The van der Waals surface area contributed by atoms with Crippen molar-refractivity contribution >= 4 is 0 Å². The Morgan fingerprint density at radius 2 is 1.48 bits per heavy atom. The van der Waals surface area contributed by atoms with Crippen LogP contribution in [0.1, 0.15) is 63.7 Å². The molecule has 1 aromatic heterocycles. The first-order valence-corrected chi connectivity index (χ1v) is 8.52. The second-order valence-corrected chi connectivity index (χ2v) is 5.84. The van der Waals surface area contributed by atoms with Gasteiger partial charge in [0.05, 0.1) is 0 Å². The fraction of sp³-hybridized carbons (Fsp3) is 0.500. The number of rotatable bonds is 9. The Kier molecular flexibility index (Phi) is 6.59. The highest BCUT2D eigenvalue weighted by molar-refractivity contribution is 5.58. The van der Waals surface area contributed by atoms with Gasteiger partial charge >= 0.3 is 0 Å². The van der Waals surface area contributed by atoms with Gasteiger partial charge in [-0.15, -0.1) is 0 Å². The standard InChI is InChI=1S/C20H28O/c1-3-5-8-14-18-16-20(17-12-10-7-11-13-17)21-19(18)15-9-6-4-2/h7,10-13,16H,3-6,8-9,14-15H2,1-2H3. The van der Waals surface area contributed by atoms with Crippen molar-refractivity contribution in [2.75, 3.05) is 0 Å². The fourth-order valence-corrected chi connectivity index (χ4v) is 2.74. The van der Waals surface area contributed by atoms with Gasteiger partial charge in [0.25, 0.3) is 0 Å². The van der Waals surface area contributed by atoms with Crippen molar-refractivity contribution < 1.29 is 4.42 Å². The molecule has 0 saturated heterocycles. The molecule has 1 heterocycles. The minimum atomic E-state index is 1.04. The maximum Gasteiger partial charge on any atom is 0.134 e. The van der Waals surface area contributed by atoms with Gasteiger partial charge in [0, 0.05) is 12.0 Å². The molecular weight excluding hydrogens is 256 g/mol. The predicted molar refractivity (Wildman–Crippen MR) is 90.6 cm³/mol. The molecule has 0 saturated carbocycles. The molecule has 1 nitrogen and oxygen atoms in total. The minimum Gasteiger partial charge on any atom is -0.461 e. The van der Waals surface area contributed by atoms with Gasteiger partial charge in [0.15, 0.2) is 0 Å². The van der Waals surface area contributed by atoms with Gasteiger partial charge in [-0.05, 0) is 30.9 Å². The third-order valence-electron chi connectivity index (χ3n) is 4.01. The highest BCUT2D eigenvalue weighted by Gasteiger charge is 2.12. The summed E-state index contributed by atoms with van der Waals surface area (Å²) in [5.41, 5.74) is 2.62. The number of benzene rings is 1. The summed E-state index contributed by atoms with van der Waals surface area (Å²) in [4.78, 5) is 0. The van der Waals surface area contributed by atoms with Crippen LogP contribution in [0, 0.1) is 0 Å². The smallest absolute Gasteiger partial charge is 0.134 e. The van der Waals surface area contributed by atoms with E-state index in [0.29, 0.717) is 0 Å². The van der Waals surface area contributed by atoms with Gasteiger partial charge in [0.1, 0.15) is 11.5 Å². The van der Waals surface area contributed by atoms with E-state index in [1.54, 1.807) is 0 Å². The third kappa shape index (κ3) is 4.77. The number of furan rings is 1. The molecule has 0 radical (unpaired) electrons. The first-order valence-electron chi connectivity index (χ1n) is 8.52. The molecule has 0 unspecified atom stereocenters. The van der Waals surface area contributed by atoms with E-state index in [4.69, 9.17) is 4.42 Å². The van der Waals surface area contributed by atoms with Crippen molar-refractivity contribution in [3.05, 3.63) is 47.7 Å². The molecule has 0 aliphatic carbocycles. The van der Waals surface area contributed by atoms with Crippen molar-refractivity contribution in [1.29, 1.82) is 0 Å². The molecule has 0 amide bonds. The monoisotopic (exact) mass is 284 g/mol. The van der Waals surface area contributed by atoms with E-state index < -0.39 is 0 Å². The molecular formula is C20H28O. The first-order chi connectivity index (χ1) is 10.3. The molecule has 114 valence electrons. The van der Waals surface area contributed by atoms with Crippen LogP contribution < -0.4 is 0 Å².